The maximum atomic E-state index is 13.3. The van der Waals surface area contributed by atoms with E-state index in [1.165, 1.54) is 19.2 Å². The molecule has 4 amide bonds. The minimum atomic E-state index is -0.349. The minimum Gasteiger partial charge on any atom is -0.496 e. The zero-order chi connectivity index (χ0) is 85.1. The Balaban J connectivity index is 0.000000138. The number of amides is 4. The molecule has 4 aliphatic rings. The first kappa shape index (κ1) is 84.0. The van der Waals surface area contributed by atoms with E-state index < -0.39 is 0 Å². The lowest BCUT2D eigenvalue weighted by Gasteiger charge is -2.20. The molecule has 4 aromatic carbocycles. The number of benzene rings is 4. The van der Waals surface area contributed by atoms with Gasteiger partial charge in [0.25, 0.3) is 0 Å². The molecular formula is C88H105FN20O10. The Morgan fingerprint density at radius 3 is 0.958 bits per heavy atom. The lowest BCUT2D eigenvalue weighted by molar-refractivity contribution is -0.120. The third-order valence-electron chi connectivity index (χ3n) is 21.8. The van der Waals surface area contributed by atoms with E-state index in [1.807, 2.05) is 130 Å². The SMILES string of the molecule is CC(=O)N[C@@H]1CCN(c2cc(C)nn3c(-c4ccc(F)cc4)c(C)nc23)C1.COC(=O)c1ccc(-c2c(C)nc3c(N4CC[C@@H](NC(C)=O)C4)cc(C)nn23)cc1C.COc1cc(-c2c(C)nc3c(N4CC[C@@H](NC(C)=O)C4)cc(C)nn23)cc(OC)c1OC.COc1ccc(-c2c(C)nc3c(N4CC[C@@H](NC(C)=O)C4)cc(C)nn23)cc1C. The third-order valence-corrected chi connectivity index (χ3v) is 21.8. The highest BCUT2D eigenvalue weighted by Crippen LogP contribution is 2.44. The summed E-state index contributed by atoms with van der Waals surface area (Å²) in [7, 11) is 7.85. The van der Waals surface area contributed by atoms with Crippen molar-refractivity contribution in [3.8, 4) is 68.0 Å². The highest BCUT2D eigenvalue weighted by molar-refractivity contribution is 5.92. The molecular weight excluding hydrogens is 1520 g/mol. The van der Waals surface area contributed by atoms with E-state index in [4.69, 9.17) is 58.9 Å². The number of aromatic nitrogens is 12. The van der Waals surface area contributed by atoms with Gasteiger partial charge in [-0.3, -0.25) is 19.2 Å². The third kappa shape index (κ3) is 18.0. The van der Waals surface area contributed by atoms with Gasteiger partial charge >= 0.3 is 5.97 Å². The van der Waals surface area contributed by atoms with Gasteiger partial charge in [0.05, 0.1) is 132 Å². The Morgan fingerprint density at radius 1 is 0.361 bits per heavy atom. The van der Waals surface area contributed by atoms with E-state index in [1.54, 1.807) is 74.3 Å². The summed E-state index contributed by atoms with van der Waals surface area (Å²) < 4.78 is 47.7. The van der Waals surface area contributed by atoms with Crippen molar-refractivity contribution in [2.75, 3.05) is 108 Å². The molecule has 0 bridgehead atoms. The van der Waals surface area contributed by atoms with Crippen LogP contribution in [-0.2, 0) is 23.9 Å². The number of methoxy groups -OCH3 is 5. The standard InChI is InChI=1S/C23H29N5O4.C23H27N5O3.C22H27N5O2.C20H22FN5O/c1-13-9-18(27-8-7-17(12-27)25-15(3)29)23-24-14(2)21(28(23)26-13)16-10-19(30-4)22(32-6)20(11-16)31-5;1-13-10-17(6-7-19(13)23(30)31-5)21-15(3)24-22-20(11-14(2)26-28(21)22)27-9-8-18(12-27)25-16(4)29;1-13-10-17(6-7-20(13)29-5)21-15(3)23-22-19(11-14(2)25-27(21)22)26-9-8-18(12-26)24-16(4)28;1-12-10-18(25-9-8-17(11-25)23-14(3)27)20-22-13(2)19(26(20)24-12)15-4-6-16(21)7-5-15/h9-11,17H,7-8,12H2,1-6H3,(H,25,29);6-7,10-11,18H,8-9,12H2,1-5H3,(H,25,29);6-7,10-11,18H,8-9,12H2,1-5H3,(H,24,28);4-7,10,17H,8-9,11H2,1-3H3,(H,23,27)/t17-;2*18-;17-/m1111/s1. The number of carbonyl (C=O) groups is 5. The van der Waals surface area contributed by atoms with Crippen LogP contribution in [0.2, 0.25) is 0 Å². The second-order valence-corrected chi connectivity index (χ2v) is 31.0. The van der Waals surface area contributed by atoms with Crippen LogP contribution in [0.4, 0.5) is 27.1 Å². The lowest BCUT2D eigenvalue weighted by Crippen LogP contribution is -2.35. The molecule has 31 heteroatoms. The molecule has 4 aliphatic heterocycles. The maximum absolute atomic E-state index is 13.3. The first-order valence-corrected chi connectivity index (χ1v) is 39.9. The molecule has 0 saturated carbocycles. The average molecular weight is 1620 g/mol. The van der Waals surface area contributed by atoms with Gasteiger partial charge in [0, 0.05) is 126 Å². The van der Waals surface area contributed by atoms with Crippen molar-refractivity contribution in [3.63, 3.8) is 0 Å². The smallest absolute Gasteiger partial charge is 0.338 e. The first-order chi connectivity index (χ1) is 56.9. The number of ether oxygens (including phenoxy) is 5. The highest BCUT2D eigenvalue weighted by atomic mass is 19.1. The number of carbonyl (C=O) groups excluding carboxylic acids is 5. The summed E-state index contributed by atoms with van der Waals surface area (Å²) in [6, 6.07) is 30.8. The molecule has 16 rings (SSSR count). The fourth-order valence-corrected chi connectivity index (χ4v) is 16.7. The lowest BCUT2D eigenvalue weighted by atomic mass is 10.0. The number of nitrogens with one attached hydrogen (secondary N) is 4. The fourth-order valence-electron chi connectivity index (χ4n) is 16.7. The number of anilines is 4. The topological polar surface area (TPSA) is 313 Å². The number of aryl methyl sites for hydroxylation is 10. The molecule has 0 radical (unpaired) electrons. The Morgan fingerprint density at radius 2 is 0.664 bits per heavy atom. The number of rotatable bonds is 17. The fraction of sp³-hybridized carbons (Fsp3) is 0.398. The number of fused-ring (bicyclic) bond motifs is 4. The zero-order valence-corrected chi connectivity index (χ0v) is 71.1. The second-order valence-electron chi connectivity index (χ2n) is 31.0. The Kier molecular flexibility index (Phi) is 25.0. The van der Waals surface area contributed by atoms with Gasteiger partial charge in [-0.05, 0) is 197 Å². The largest absolute Gasteiger partial charge is 0.496 e. The van der Waals surface area contributed by atoms with E-state index in [0.29, 0.717) is 22.8 Å². The predicted molar refractivity (Wildman–Crippen MR) is 456 cm³/mol. The molecule has 4 N–H and O–H groups in total. The van der Waals surface area contributed by atoms with E-state index in [0.717, 1.165) is 231 Å². The predicted octanol–water partition coefficient (Wildman–Crippen LogP) is 11.5. The van der Waals surface area contributed by atoms with Crippen molar-refractivity contribution < 1.29 is 52.0 Å². The van der Waals surface area contributed by atoms with Crippen LogP contribution in [0.15, 0.2) is 97.1 Å². The van der Waals surface area contributed by atoms with Crippen molar-refractivity contribution in [2.45, 2.75) is 147 Å². The molecule has 12 heterocycles. The molecule has 4 fully saturated rings. The van der Waals surface area contributed by atoms with Crippen molar-refractivity contribution in [2.24, 2.45) is 0 Å². The number of imidazole rings is 4. The van der Waals surface area contributed by atoms with Gasteiger partial charge < -0.3 is 64.6 Å². The summed E-state index contributed by atoms with van der Waals surface area (Å²) in [5.74, 6) is 1.93. The second kappa shape index (κ2) is 35.5. The monoisotopic (exact) mass is 1620 g/mol. The molecule has 624 valence electrons. The van der Waals surface area contributed by atoms with Gasteiger partial charge in [-0.25, -0.2) is 47.2 Å². The maximum Gasteiger partial charge on any atom is 0.338 e. The highest BCUT2D eigenvalue weighted by Gasteiger charge is 2.33. The first-order valence-electron chi connectivity index (χ1n) is 39.9. The Bertz CT molecular complexity index is 5850. The van der Waals surface area contributed by atoms with E-state index in [2.05, 4.69) is 70.2 Å². The van der Waals surface area contributed by atoms with Gasteiger partial charge in [-0.1, -0.05) is 6.07 Å². The normalized spacial score (nSPS) is 16.3. The van der Waals surface area contributed by atoms with Crippen LogP contribution in [0.3, 0.4) is 0 Å². The van der Waals surface area contributed by atoms with Crippen molar-refractivity contribution in [1.82, 2.24) is 79.7 Å². The van der Waals surface area contributed by atoms with Gasteiger partial charge in [-0.2, -0.15) is 20.4 Å². The van der Waals surface area contributed by atoms with Gasteiger partial charge in [-0.15, -0.1) is 0 Å². The molecule has 8 aromatic heterocycles. The molecule has 4 saturated heterocycles. The van der Waals surface area contributed by atoms with Crippen LogP contribution in [0.25, 0.3) is 67.6 Å². The van der Waals surface area contributed by atoms with Crippen LogP contribution >= 0.6 is 0 Å². The number of esters is 1. The van der Waals surface area contributed by atoms with E-state index in [9.17, 15) is 28.4 Å². The van der Waals surface area contributed by atoms with E-state index >= 15 is 0 Å². The van der Waals surface area contributed by atoms with Crippen LogP contribution in [0.5, 0.6) is 23.0 Å². The number of hydrogen-bond donors (Lipinski definition) is 4. The van der Waals surface area contributed by atoms with Crippen molar-refractivity contribution in [1.29, 1.82) is 0 Å². The van der Waals surface area contributed by atoms with Crippen LogP contribution < -0.4 is 59.8 Å². The molecule has 30 nitrogen and oxygen atoms in total. The summed E-state index contributed by atoms with van der Waals surface area (Å²) in [4.78, 5) is 86.1. The summed E-state index contributed by atoms with van der Waals surface area (Å²) in [5.41, 5.74) is 24.2. The number of nitrogens with zero attached hydrogens (tertiary/aromatic N) is 16. The number of hydrogen-bond acceptors (Lipinski definition) is 22. The molecule has 0 spiro atoms. The van der Waals surface area contributed by atoms with Gasteiger partial charge in [0.2, 0.25) is 29.4 Å². The van der Waals surface area contributed by atoms with E-state index in [-0.39, 0.29) is 59.6 Å². The minimum absolute atomic E-state index is 0.00533. The molecule has 119 heavy (non-hydrogen) atoms. The summed E-state index contributed by atoms with van der Waals surface area (Å²) in [5, 5.41) is 31.0. The van der Waals surface area contributed by atoms with Gasteiger partial charge in [0.1, 0.15) is 11.6 Å². The van der Waals surface area contributed by atoms with Gasteiger partial charge in [0.15, 0.2) is 34.1 Å². The quantitative estimate of drug-likeness (QED) is 0.0616. The number of halogens is 1. The average Bonchev–Trinajstić information content (AvgIpc) is 1.62. The van der Waals surface area contributed by atoms with Crippen LogP contribution in [0.1, 0.15) is 120 Å². The van der Waals surface area contributed by atoms with Crippen molar-refractivity contribution in [3.05, 3.63) is 165 Å². The zero-order valence-electron chi connectivity index (χ0n) is 71.1. The summed E-state index contributed by atoms with van der Waals surface area (Å²) in [6.07, 6.45) is 3.62. The molecule has 12 aromatic rings. The molecule has 0 aliphatic carbocycles. The van der Waals surface area contributed by atoms with Crippen LogP contribution in [-0.4, -0.2) is 200 Å². The Labute approximate surface area is 690 Å². The van der Waals surface area contributed by atoms with Crippen LogP contribution in [0, 0.1) is 75.1 Å². The summed E-state index contributed by atoms with van der Waals surface area (Å²) in [6.45, 7) is 32.4. The molecule has 4 atom stereocenters. The Hall–Kier alpha value is -13.0. The molecule has 0 unspecified atom stereocenters. The summed E-state index contributed by atoms with van der Waals surface area (Å²) >= 11 is 0. The van der Waals surface area contributed by atoms with Crippen molar-refractivity contribution >= 4 is 74.9 Å².